The van der Waals surface area contributed by atoms with Gasteiger partial charge < -0.3 is 14.8 Å². The summed E-state index contributed by atoms with van der Waals surface area (Å²) < 4.78 is 49.8. The Morgan fingerprint density at radius 1 is 1.16 bits per heavy atom. The molecule has 1 aliphatic rings. The Bertz CT molecular complexity index is 1250. The second-order valence-corrected chi connectivity index (χ2v) is 9.50. The van der Waals surface area contributed by atoms with E-state index in [9.17, 15) is 27.6 Å². The van der Waals surface area contributed by atoms with Crippen LogP contribution in [0.4, 0.5) is 18.9 Å². The number of amides is 1. The molecule has 0 saturated carbocycles. The van der Waals surface area contributed by atoms with Gasteiger partial charge in [0.05, 0.1) is 41.1 Å². The van der Waals surface area contributed by atoms with E-state index >= 15 is 0 Å². The van der Waals surface area contributed by atoms with Crippen molar-refractivity contribution in [3.63, 3.8) is 0 Å². The highest BCUT2D eigenvalue weighted by atomic mass is 35.5. The fourth-order valence-corrected chi connectivity index (χ4v) is 4.16. The molecule has 0 radical (unpaired) electrons. The minimum atomic E-state index is -4.64. The first-order valence-electron chi connectivity index (χ1n) is 11.7. The van der Waals surface area contributed by atoms with E-state index in [1.807, 2.05) is 0 Å². The van der Waals surface area contributed by atoms with Crippen LogP contribution < -0.4 is 5.32 Å². The number of hydrazone groups is 1. The maximum Gasteiger partial charge on any atom is 0.417 e. The summed E-state index contributed by atoms with van der Waals surface area (Å²) in [5.74, 6) is -1.59. The second kappa shape index (κ2) is 11.4. The summed E-state index contributed by atoms with van der Waals surface area (Å²) in [6.45, 7) is 6.41. The number of esters is 2. The van der Waals surface area contributed by atoms with Gasteiger partial charge >= 0.3 is 18.1 Å². The number of alkyl halides is 3. The largest absolute Gasteiger partial charge is 0.465 e. The zero-order valence-corrected chi connectivity index (χ0v) is 21.9. The van der Waals surface area contributed by atoms with Gasteiger partial charge in [0.15, 0.2) is 0 Å². The lowest BCUT2D eigenvalue weighted by Crippen LogP contribution is -2.41. The number of anilines is 1. The molecule has 1 unspecified atom stereocenters. The monoisotopic (exact) mass is 553 g/mol. The van der Waals surface area contributed by atoms with Gasteiger partial charge in [-0.05, 0) is 64.1 Å². The Labute approximate surface area is 222 Å². The number of hydrogen-bond donors (Lipinski definition) is 1. The summed E-state index contributed by atoms with van der Waals surface area (Å²) >= 11 is 5.89. The van der Waals surface area contributed by atoms with Gasteiger partial charge in [-0.1, -0.05) is 17.7 Å². The molecule has 0 fully saturated rings. The summed E-state index contributed by atoms with van der Waals surface area (Å²) in [7, 11) is 0. The van der Waals surface area contributed by atoms with Crippen molar-refractivity contribution in [3.05, 3.63) is 64.2 Å². The highest BCUT2D eigenvalue weighted by Crippen LogP contribution is 2.38. The van der Waals surface area contributed by atoms with Gasteiger partial charge in [-0.3, -0.25) is 14.6 Å². The minimum absolute atomic E-state index is 0.0484. The predicted molar refractivity (Wildman–Crippen MR) is 135 cm³/mol. The molecule has 0 aromatic heterocycles. The smallest absolute Gasteiger partial charge is 0.417 e. The van der Waals surface area contributed by atoms with Crippen LogP contribution in [0.5, 0.6) is 0 Å². The summed E-state index contributed by atoms with van der Waals surface area (Å²) in [4.78, 5) is 37.6. The van der Waals surface area contributed by atoms with Gasteiger partial charge in [0, 0.05) is 11.3 Å². The maximum atomic E-state index is 13.2. The fourth-order valence-electron chi connectivity index (χ4n) is 3.88. The standard InChI is InChI=1S/C26H27ClF3N3O5/c1-5-37-24(36)25(4)14-33(32-22(25)17-8-11-19(20(27)12-17)26(28,29)30)13-21(34)31-18-9-6-16(7-10-18)23(35)38-15(2)3/h6-12,15H,5,13-14H2,1-4H3,(H,31,34). The fraction of sp³-hybridized carbons (Fsp3) is 0.385. The number of carbonyl (C=O) groups excluding carboxylic acids is 3. The first kappa shape index (κ1) is 29.0. The van der Waals surface area contributed by atoms with Crippen LogP contribution in [0.25, 0.3) is 0 Å². The molecule has 2 aromatic rings. The van der Waals surface area contributed by atoms with Crippen molar-refractivity contribution in [1.29, 1.82) is 0 Å². The van der Waals surface area contributed by atoms with Gasteiger partial charge in [-0.15, -0.1) is 0 Å². The Morgan fingerprint density at radius 3 is 2.37 bits per heavy atom. The van der Waals surface area contributed by atoms with Crippen LogP contribution in [0.3, 0.4) is 0 Å². The molecule has 0 aliphatic carbocycles. The number of rotatable bonds is 8. The summed E-state index contributed by atoms with van der Waals surface area (Å²) in [5.41, 5.74) is -1.30. The van der Waals surface area contributed by atoms with E-state index in [1.54, 1.807) is 39.8 Å². The SMILES string of the molecule is CCOC(=O)C1(C)CN(CC(=O)Nc2ccc(C(=O)OC(C)C)cc2)N=C1c1ccc(C(F)(F)F)c(Cl)c1. The van der Waals surface area contributed by atoms with Crippen molar-refractivity contribution >= 4 is 40.8 Å². The normalized spacial score (nSPS) is 17.3. The average molecular weight is 554 g/mol. The molecule has 12 heteroatoms. The van der Waals surface area contributed by atoms with Gasteiger partial charge in [0.25, 0.3) is 0 Å². The Morgan fingerprint density at radius 2 is 1.82 bits per heavy atom. The summed E-state index contributed by atoms with van der Waals surface area (Å²) in [5, 5.41) is 7.86. The molecule has 1 aliphatic heterocycles. The van der Waals surface area contributed by atoms with Crippen molar-refractivity contribution in [2.45, 2.75) is 40.0 Å². The van der Waals surface area contributed by atoms with Crippen LogP contribution in [0, 0.1) is 5.41 Å². The maximum absolute atomic E-state index is 13.2. The minimum Gasteiger partial charge on any atom is -0.465 e. The lowest BCUT2D eigenvalue weighted by molar-refractivity contribution is -0.150. The van der Waals surface area contributed by atoms with Crippen LogP contribution in [0.15, 0.2) is 47.6 Å². The van der Waals surface area contributed by atoms with E-state index in [1.165, 1.54) is 23.2 Å². The number of nitrogens with one attached hydrogen (secondary N) is 1. The van der Waals surface area contributed by atoms with Gasteiger partial charge in [0.1, 0.15) is 12.0 Å². The summed E-state index contributed by atoms with van der Waals surface area (Å²) in [6, 6.07) is 9.20. The number of halogens is 4. The molecule has 0 bridgehead atoms. The van der Waals surface area contributed by atoms with Crippen LogP contribution in [-0.4, -0.2) is 54.4 Å². The lowest BCUT2D eigenvalue weighted by Gasteiger charge is -2.24. The van der Waals surface area contributed by atoms with Crippen molar-refractivity contribution in [2.75, 3.05) is 25.0 Å². The van der Waals surface area contributed by atoms with Crippen LogP contribution >= 0.6 is 11.6 Å². The lowest BCUT2D eigenvalue weighted by atomic mass is 9.82. The van der Waals surface area contributed by atoms with Gasteiger partial charge in [-0.2, -0.15) is 18.3 Å². The van der Waals surface area contributed by atoms with Crippen LogP contribution in [0.1, 0.15) is 49.2 Å². The Kier molecular flexibility index (Phi) is 8.71. The third-order valence-corrected chi connectivity index (χ3v) is 5.92. The molecule has 3 rings (SSSR count). The second-order valence-electron chi connectivity index (χ2n) is 9.10. The average Bonchev–Trinajstić information content (AvgIpc) is 3.15. The van der Waals surface area contributed by atoms with Gasteiger partial charge in [0.2, 0.25) is 5.91 Å². The number of nitrogens with zero attached hydrogens (tertiary/aromatic N) is 2. The molecule has 1 N–H and O–H groups in total. The molecule has 38 heavy (non-hydrogen) atoms. The van der Waals surface area contributed by atoms with E-state index in [0.717, 1.165) is 12.1 Å². The first-order chi connectivity index (χ1) is 17.7. The predicted octanol–water partition coefficient (Wildman–Crippen LogP) is 5.15. The number of ether oxygens (including phenoxy) is 2. The van der Waals surface area contributed by atoms with Crippen LogP contribution in [-0.2, 0) is 25.2 Å². The van der Waals surface area contributed by atoms with E-state index in [-0.39, 0.29) is 37.1 Å². The molecular weight excluding hydrogens is 527 g/mol. The van der Waals surface area contributed by atoms with E-state index in [0.29, 0.717) is 11.3 Å². The molecule has 8 nitrogen and oxygen atoms in total. The van der Waals surface area contributed by atoms with E-state index in [4.69, 9.17) is 21.1 Å². The third kappa shape index (κ3) is 6.63. The highest BCUT2D eigenvalue weighted by Gasteiger charge is 2.47. The molecule has 204 valence electrons. The van der Waals surface area contributed by atoms with E-state index < -0.39 is 40.0 Å². The van der Waals surface area contributed by atoms with Crippen molar-refractivity contribution in [1.82, 2.24) is 5.01 Å². The Hall–Kier alpha value is -3.60. The number of hydrogen-bond acceptors (Lipinski definition) is 7. The number of carbonyl (C=O) groups is 3. The molecule has 1 atom stereocenters. The van der Waals surface area contributed by atoms with Crippen molar-refractivity contribution < 1.29 is 37.0 Å². The Balaban J connectivity index is 1.80. The molecule has 1 heterocycles. The van der Waals surface area contributed by atoms with Crippen LogP contribution in [0.2, 0.25) is 5.02 Å². The van der Waals surface area contributed by atoms with Gasteiger partial charge in [-0.25, -0.2) is 4.79 Å². The first-order valence-corrected chi connectivity index (χ1v) is 12.1. The molecule has 0 spiro atoms. The topological polar surface area (TPSA) is 97.3 Å². The van der Waals surface area contributed by atoms with E-state index in [2.05, 4.69) is 10.4 Å². The quantitative estimate of drug-likeness (QED) is 0.454. The molecular formula is C26H27ClF3N3O5. The zero-order chi connectivity index (χ0) is 28.3. The highest BCUT2D eigenvalue weighted by molar-refractivity contribution is 6.32. The van der Waals surface area contributed by atoms with Crippen molar-refractivity contribution in [2.24, 2.45) is 10.5 Å². The molecule has 1 amide bonds. The third-order valence-electron chi connectivity index (χ3n) is 5.61. The molecule has 0 saturated heterocycles. The zero-order valence-electron chi connectivity index (χ0n) is 21.2. The summed E-state index contributed by atoms with van der Waals surface area (Å²) in [6.07, 6.45) is -4.92. The number of benzene rings is 2. The molecule has 2 aromatic carbocycles. The van der Waals surface area contributed by atoms with Crippen molar-refractivity contribution in [3.8, 4) is 0 Å².